The van der Waals surface area contributed by atoms with Crippen molar-refractivity contribution in [3.63, 3.8) is 0 Å². The molecule has 2 aromatic rings. The highest BCUT2D eigenvalue weighted by atomic mass is 19.1. The van der Waals surface area contributed by atoms with Crippen molar-refractivity contribution in [1.29, 1.82) is 5.26 Å². The van der Waals surface area contributed by atoms with Crippen LogP contribution in [0.5, 0.6) is 0 Å². The molecule has 0 aliphatic carbocycles. The number of carbonyl (C=O) groups excluding carboxylic acids is 1. The minimum absolute atomic E-state index is 0.0114. The van der Waals surface area contributed by atoms with Gasteiger partial charge in [0, 0.05) is 26.2 Å². The molecule has 176 valence electrons. The van der Waals surface area contributed by atoms with E-state index in [4.69, 9.17) is 0 Å². The second-order valence-electron chi connectivity index (χ2n) is 9.21. The summed E-state index contributed by atoms with van der Waals surface area (Å²) in [5.74, 6) is -0.767. The average Bonchev–Trinajstić information content (AvgIpc) is 2.81. The average molecular weight is 455 g/mol. The highest BCUT2D eigenvalue weighted by Gasteiger charge is 2.35. The molecule has 1 amide bonds. The van der Waals surface area contributed by atoms with Gasteiger partial charge in [-0.25, -0.2) is 8.78 Å². The largest absolute Gasteiger partial charge is 0.336 e. The summed E-state index contributed by atoms with van der Waals surface area (Å²) in [6.07, 6.45) is 0. The first-order valence-electron chi connectivity index (χ1n) is 11.4. The maximum atomic E-state index is 13.5. The second kappa shape index (κ2) is 10.4. The van der Waals surface area contributed by atoms with Gasteiger partial charge in [0.2, 0.25) is 5.91 Å². The van der Waals surface area contributed by atoms with E-state index < -0.39 is 5.54 Å². The Kier molecular flexibility index (Phi) is 7.83. The SMILES string of the molecule is CC(C(=O)NC(C)(C#N)C(C)C)N1CCN(C(c2ccc(F)cc2)c2ccc(F)cc2)CC1. The minimum Gasteiger partial charge on any atom is -0.336 e. The molecule has 5 nitrogen and oxygen atoms in total. The van der Waals surface area contributed by atoms with E-state index in [0.717, 1.165) is 11.1 Å². The van der Waals surface area contributed by atoms with Crippen LogP contribution in [0.15, 0.2) is 48.5 Å². The minimum atomic E-state index is -0.913. The summed E-state index contributed by atoms with van der Waals surface area (Å²) in [4.78, 5) is 17.2. The molecule has 3 rings (SSSR count). The van der Waals surface area contributed by atoms with Gasteiger partial charge in [-0.2, -0.15) is 5.26 Å². The third-order valence-electron chi connectivity index (χ3n) is 6.78. The summed E-state index contributed by atoms with van der Waals surface area (Å²) in [5.41, 5.74) is 0.955. The Hall–Kier alpha value is -2.82. The summed E-state index contributed by atoms with van der Waals surface area (Å²) in [7, 11) is 0. The molecule has 1 aliphatic rings. The van der Waals surface area contributed by atoms with E-state index >= 15 is 0 Å². The van der Waals surface area contributed by atoms with Crippen LogP contribution in [-0.4, -0.2) is 53.5 Å². The summed E-state index contributed by atoms with van der Waals surface area (Å²) in [6.45, 7) is 10.1. The van der Waals surface area contributed by atoms with Gasteiger partial charge >= 0.3 is 0 Å². The zero-order chi connectivity index (χ0) is 24.2. The number of nitriles is 1. The first kappa shape index (κ1) is 24.8. The van der Waals surface area contributed by atoms with Gasteiger partial charge in [0.15, 0.2) is 0 Å². The first-order valence-corrected chi connectivity index (χ1v) is 11.4. The van der Waals surface area contributed by atoms with Crippen molar-refractivity contribution in [2.75, 3.05) is 26.2 Å². The molecule has 2 aromatic carbocycles. The Bertz CT molecular complexity index is 933. The van der Waals surface area contributed by atoms with Gasteiger partial charge in [-0.05, 0) is 55.2 Å². The number of nitrogens with zero attached hydrogens (tertiary/aromatic N) is 3. The molecule has 1 heterocycles. The van der Waals surface area contributed by atoms with Gasteiger partial charge in [0.25, 0.3) is 0 Å². The third kappa shape index (κ3) is 5.76. The molecule has 33 heavy (non-hydrogen) atoms. The number of nitrogens with one attached hydrogen (secondary N) is 1. The van der Waals surface area contributed by atoms with Crippen LogP contribution in [0.1, 0.15) is 44.9 Å². The molecule has 0 saturated carbocycles. The van der Waals surface area contributed by atoms with E-state index in [-0.39, 0.29) is 35.5 Å². The molecule has 1 aliphatic heterocycles. The molecule has 0 bridgehead atoms. The standard InChI is InChI=1S/C26H32F2N4O/c1-18(2)26(4,17-29)30-25(33)19(3)31-13-15-32(16-14-31)24(20-5-9-22(27)10-6-20)21-7-11-23(28)12-8-21/h5-12,18-19,24H,13-16H2,1-4H3,(H,30,33). The molecular formula is C26H32F2N4O. The topological polar surface area (TPSA) is 59.4 Å². The Morgan fingerprint density at radius 3 is 1.73 bits per heavy atom. The molecule has 1 fully saturated rings. The predicted octanol–water partition coefficient (Wildman–Crippen LogP) is 4.11. The molecular weight excluding hydrogens is 422 g/mol. The Morgan fingerprint density at radius 1 is 0.909 bits per heavy atom. The van der Waals surface area contributed by atoms with Gasteiger partial charge in [-0.15, -0.1) is 0 Å². The van der Waals surface area contributed by atoms with E-state index in [1.165, 1.54) is 24.3 Å². The van der Waals surface area contributed by atoms with Crippen molar-refractivity contribution in [3.8, 4) is 6.07 Å². The molecule has 1 saturated heterocycles. The van der Waals surface area contributed by atoms with Gasteiger partial charge in [-0.1, -0.05) is 38.1 Å². The van der Waals surface area contributed by atoms with Crippen molar-refractivity contribution in [3.05, 3.63) is 71.3 Å². The zero-order valence-electron chi connectivity index (χ0n) is 19.7. The molecule has 1 N–H and O–H groups in total. The van der Waals surface area contributed by atoms with E-state index in [1.807, 2.05) is 20.8 Å². The summed E-state index contributed by atoms with van der Waals surface area (Å²) in [5, 5.41) is 12.4. The van der Waals surface area contributed by atoms with Crippen LogP contribution < -0.4 is 5.32 Å². The number of hydrogen-bond donors (Lipinski definition) is 1. The van der Waals surface area contributed by atoms with Crippen LogP contribution in [-0.2, 0) is 4.79 Å². The van der Waals surface area contributed by atoms with Crippen molar-refractivity contribution < 1.29 is 13.6 Å². The molecule has 7 heteroatoms. The van der Waals surface area contributed by atoms with Gasteiger partial charge < -0.3 is 5.32 Å². The Labute approximate surface area is 195 Å². The molecule has 2 atom stereocenters. The lowest BCUT2D eigenvalue weighted by Crippen LogP contribution is -2.58. The summed E-state index contributed by atoms with van der Waals surface area (Å²) >= 11 is 0. The van der Waals surface area contributed by atoms with Crippen molar-refractivity contribution in [2.45, 2.75) is 45.3 Å². The molecule has 2 unspecified atom stereocenters. The van der Waals surface area contributed by atoms with E-state index in [2.05, 4.69) is 21.2 Å². The van der Waals surface area contributed by atoms with Gasteiger partial charge in [0.1, 0.15) is 17.2 Å². The second-order valence-corrected chi connectivity index (χ2v) is 9.21. The Balaban J connectivity index is 1.72. The van der Waals surface area contributed by atoms with Crippen LogP contribution in [0, 0.1) is 28.9 Å². The lowest BCUT2D eigenvalue weighted by Gasteiger charge is -2.42. The fourth-order valence-electron chi connectivity index (χ4n) is 4.11. The van der Waals surface area contributed by atoms with Crippen LogP contribution in [0.2, 0.25) is 0 Å². The van der Waals surface area contributed by atoms with Crippen LogP contribution in [0.3, 0.4) is 0 Å². The lowest BCUT2D eigenvalue weighted by molar-refractivity contribution is -0.128. The molecule has 0 aromatic heterocycles. The van der Waals surface area contributed by atoms with Gasteiger partial charge in [0.05, 0.1) is 18.2 Å². The smallest absolute Gasteiger partial charge is 0.238 e. The summed E-state index contributed by atoms with van der Waals surface area (Å²) < 4.78 is 27.1. The monoisotopic (exact) mass is 454 g/mol. The number of halogens is 2. The number of carbonyl (C=O) groups is 1. The van der Waals surface area contributed by atoms with Gasteiger partial charge in [-0.3, -0.25) is 14.6 Å². The maximum absolute atomic E-state index is 13.5. The number of benzene rings is 2. The fraction of sp³-hybridized carbons (Fsp3) is 0.462. The highest BCUT2D eigenvalue weighted by molar-refractivity contribution is 5.82. The van der Waals surface area contributed by atoms with Crippen LogP contribution >= 0.6 is 0 Å². The normalized spacial score (nSPS) is 18.0. The van der Waals surface area contributed by atoms with E-state index in [1.54, 1.807) is 31.2 Å². The first-order chi connectivity index (χ1) is 15.6. The summed E-state index contributed by atoms with van der Waals surface area (Å²) in [6, 6.07) is 14.5. The lowest BCUT2D eigenvalue weighted by atomic mass is 9.89. The Morgan fingerprint density at radius 2 is 1.33 bits per heavy atom. The number of amides is 1. The number of rotatable bonds is 7. The maximum Gasteiger partial charge on any atom is 0.238 e. The molecule has 0 radical (unpaired) electrons. The van der Waals surface area contributed by atoms with E-state index in [0.29, 0.717) is 26.2 Å². The van der Waals surface area contributed by atoms with Crippen LogP contribution in [0.25, 0.3) is 0 Å². The van der Waals surface area contributed by atoms with Crippen molar-refractivity contribution in [2.24, 2.45) is 5.92 Å². The van der Waals surface area contributed by atoms with Crippen LogP contribution in [0.4, 0.5) is 8.78 Å². The molecule has 0 spiro atoms. The predicted molar refractivity (Wildman–Crippen MR) is 124 cm³/mol. The van der Waals surface area contributed by atoms with Crippen molar-refractivity contribution in [1.82, 2.24) is 15.1 Å². The number of piperazine rings is 1. The fourth-order valence-corrected chi connectivity index (χ4v) is 4.11. The third-order valence-corrected chi connectivity index (χ3v) is 6.78. The number of hydrogen-bond acceptors (Lipinski definition) is 4. The quantitative estimate of drug-likeness (QED) is 0.684. The van der Waals surface area contributed by atoms with E-state index in [9.17, 15) is 18.8 Å². The van der Waals surface area contributed by atoms with Crippen molar-refractivity contribution >= 4 is 5.91 Å². The zero-order valence-corrected chi connectivity index (χ0v) is 19.7. The highest BCUT2D eigenvalue weighted by Crippen LogP contribution is 2.30.